The maximum atomic E-state index is 13.4. The van der Waals surface area contributed by atoms with Crippen LogP contribution in [0.2, 0.25) is 0 Å². The zero-order valence-electron chi connectivity index (χ0n) is 13.2. The van der Waals surface area contributed by atoms with Crippen molar-refractivity contribution in [2.75, 3.05) is 12.4 Å². The fraction of sp³-hybridized carbons (Fsp3) is 0.235. The van der Waals surface area contributed by atoms with Gasteiger partial charge in [0.25, 0.3) is 0 Å². The van der Waals surface area contributed by atoms with Gasteiger partial charge in [-0.25, -0.2) is 9.38 Å². The van der Waals surface area contributed by atoms with Gasteiger partial charge in [-0.3, -0.25) is 0 Å². The van der Waals surface area contributed by atoms with Gasteiger partial charge in [0, 0.05) is 11.8 Å². The molecule has 0 fully saturated rings. The SMILES string of the molecule is CCc1ccc(NC(N)=NCc2cc(F)cc(OC)c2)cc1.I. The molecule has 0 unspecified atom stereocenters. The predicted octanol–water partition coefficient (Wildman–Crippen LogP) is 3.94. The first-order chi connectivity index (χ1) is 10.6. The second-order valence-corrected chi connectivity index (χ2v) is 4.88. The molecule has 4 nitrogen and oxygen atoms in total. The summed E-state index contributed by atoms with van der Waals surface area (Å²) < 4.78 is 18.4. The largest absolute Gasteiger partial charge is 0.497 e. The minimum Gasteiger partial charge on any atom is -0.497 e. The summed E-state index contributed by atoms with van der Waals surface area (Å²) in [5, 5.41) is 3.01. The average Bonchev–Trinajstić information content (AvgIpc) is 2.53. The predicted molar refractivity (Wildman–Crippen MR) is 103 cm³/mol. The van der Waals surface area contributed by atoms with E-state index in [0.29, 0.717) is 11.3 Å². The maximum absolute atomic E-state index is 13.4. The molecule has 0 spiro atoms. The topological polar surface area (TPSA) is 59.6 Å². The Morgan fingerprint density at radius 2 is 1.87 bits per heavy atom. The number of ether oxygens (including phenoxy) is 1. The lowest BCUT2D eigenvalue weighted by Gasteiger charge is -2.07. The van der Waals surface area contributed by atoms with E-state index in [1.54, 1.807) is 6.07 Å². The van der Waals surface area contributed by atoms with E-state index in [0.717, 1.165) is 12.1 Å². The minimum absolute atomic E-state index is 0. The number of anilines is 1. The van der Waals surface area contributed by atoms with Gasteiger partial charge in [-0.15, -0.1) is 24.0 Å². The number of aryl methyl sites for hydroxylation is 1. The van der Waals surface area contributed by atoms with Gasteiger partial charge in [0.15, 0.2) is 5.96 Å². The molecule has 3 N–H and O–H groups in total. The number of nitrogens with one attached hydrogen (secondary N) is 1. The molecule has 0 amide bonds. The smallest absolute Gasteiger partial charge is 0.193 e. The first kappa shape index (κ1) is 19.2. The summed E-state index contributed by atoms with van der Waals surface area (Å²) in [4.78, 5) is 4.21. The Morgan fingerprint density at radius 1 is 1.17 bits per heavy atom. The molecule has 2 aromatic carbocycles. The molecule has 0 heterocycles. The van der Waals surface area contributed by atoms with Crippen LogP contribution in [0, 0.1) is 5.82 Å². The molecular weight excluding hydrogens is 408 g/mol. The zero-order chi connectivity index (χ0) is 15.9. The van der Waals surface area contributed by atoms with Gasteiger partial charge in [0.05, 0.1) is 13.7 Å². The van der Waals surface area contributed by atoms with Crippen molar-refractivity contribution >= 4 is 35.6 Å². The lowest BCUT2D eigenvalue weighted by molar-refractivity contribution is 0.410. The lowest BCUT2D eigenvalue weighted by atomic mass is 10.1. The van der Waals surface area contributed by atoms with Crippen LogP contribution < -0.4 is 15.8 Å². The molecule has 0 aliphatic heterocycles. The fourth-order valence-electron chi connectivity index (χ4n) is 2.02. The first-order valence-corrected chi connectivity index (χ1v) is 7.10. The van der Waals surface area contributed by atoms with Gasteiger partial charge in [-0.05, 0) is 41.8 Å². The van der Waals surface area contributed by atoms with E-state index in [9.17, 15) is 4.39 Å². The van der Waals surface area contributed by atoms with Crippen LogP contribution in [0.3, 0.4) is 0 Å². The summed E-state index contributed by atoms with van der Waals surface area (Å²) in [6.07, 6.45) is 0.991. The highest BCUT2D eigenvalue weighted by Gasteiger charge is 2.01. The van der Waals surface area contributed by atoms with Crippen LogP contribution in [0.25, 0.3) is 0 Å². The molecule has 124 valence electrons. The third-order valence-corrected chi connectivity index (χ3v) is 3.23. The van der Waals surface area contributed by atoms with E-state index in [-0.39, 0.29) is 42.3 Å². The molecule has 0 atom stereocenters. The molecule has 0 aromatic heterocycles. The van der Waals surface area contributed by atoms with Crippen LogP contribution in [0.1, 0.15) is 18.1 Å². The number of hydrogen-bond donors (Lipinski definition) is 2. The van der Waals surface area contributed by atoms with Gasteiger partial charge >= 0.3 is 0 Å². The van der Waals surface area contributed by atoms with E-state index in [4.69, 9.17) is 10.5 Å². The zero-order valence-corrected chi connectivity index (χ0v) is 15.5. The van der Waals surface area contributed by atoms with Crippen molar-refractivity contribution in [1.82, 2.24) is 0 Å². The first-order valence-electron chi connectivity index (χ1n) is 7.10. The number of halogens is 2. The number of guanidine groups is 1. The molecule has 0 saturated carbocycles. The van der Waals surface area contributed by atoms with Gasteiger partial charge in [-0.1, -0.05) is 19.1 Å². The van der Waals surface area contributed by atoms with E-state index in [2.05, 4.69) is 17.2 Å². The number of rotatable bonds is 5. The number of aliphatic imine (C=N–C) groups is 1. The molecule has 0 radical (unpaired) electrons. The summed E-state index contributed by atoms with van der Waals surface area (Å²) in [5.74, 6) is 0.394. The molecule has 23 heavy (non-hydrogen) atoms. The van der Waals surface area contributed by atoms with Crippen molar-refractivity contribution in [2.45, 2.75) is 19.9 Å². The van der Waals surface area contributed by atoms with Crippen LogP contribution in [0.4, 0.5) is 10.1 Å². The second kappa shape index (κ2) is 9.34. The van der Waals surface area contributed by atoms with Crippen molar-refractivity contribution in [3.8, 4) is 5.75 Å². The molecule has 0 aliphatic rings. The van der Waals surface area contributed by atoms with Crippen LogP contribution >= 0.6 is 24.0 Å². The van der Waals surface area contributed by atoms with E-state index < -0.39 is 0 Å². The number of methoxy groups -OCH3 is 1. The number of nitrogens with two attached hydrogens (primary N) is 1. The Kier molecular flexibility index (Phi) is 7.80. The molecule has 6 heteroatoms. The Hall–Kier alpha value is -1.83. The van der Waals surface area contributed by atoms with Crippen LogP contribution in [0.15, 0.2) is 47.5 Å². The number of hydrogen-bond acceptors (Lipinski definition) is 2. The number of benzene rings is 2. The Morgan fingerprint density at radius 3 is 2.48 bits per heavy atom. The van der Waals surface area contributed by atoms with Crippen molar-refractivity contribution in [2.24, 2.45) is 10.7 Å². The van der Waals surface area contributed by atoms with Gasteiger partial charge in [0.1, 0.15) is 11.6 Å². The van der Waals surface area contributed by atoms with Crippen molar-refractivity contribution < 1.29 is 9.13 Å². The summed E-state index contributed by atoms with van der Waals surface area (Å²) in [5.41, 5.74) is 8.67. The third kappa shape index (κ3) is 6.05. The Bertz CT molecular complexity index is 659. The van der Waals surface area contributed by atoms with Crippen molar-refractivity contribution in [3.63, 3.8) is 0 Å². The summed E-state index contributed by atoms with van der Waals surface area (Å²) in [6.45, 7) is 2.38. The molecule has 0 bridgehead atoms. The van der Waals surface area contributed by atoms with Gasteiger partial charge in [0.2, 0.25) is 0 Å². The lowest BCUT2D eigenvalue weighted by Crippen LogP contribution is -2.22. The van der Waals surface area contributed by atoms with Crippen LogP contribution in [-0.4, -0.2) is 13.1 Å². The summed E-state index contributed by atoms with van der Waals surface area (Å²) in [6, 6.07) is 12.4. The normalized spacial score (nSPS) is 10.8. The molecular formula is C17H21FIN3O. The van der Waals surface area contributed by atoms with Crippen LogP contribution in [0.5, 0.6) is 5.75 Å². The quantitative estimate of drug-likeness (QED) is 0.430. The average molecular weight is 429 g/mol. The number of nitrogens with zero attached hydrogens (tertiary/aromatic N) is 1. The molecule has 0 saturated heterocycles. The highest BCUT2D eigenvalue weighted by atomic mass is 127. The molecule has 2 aromatic rings. The third-order valence-electron chi connectivity index (χ3n) is 3.23. The minimum atomic E-state index is -0.355. The molecule has 2 rings (SSSR count). The second-order valence-electron chi connectivity index (χ2n) is 4.88. The highest BCUT2D eigenvalue weighted by molar-refractivity contribution is 14.0. The van der Waals surface area contributed by atoms with Gasteiger partial charge < -0.3 is 15.8 Å². The van der Waals surface area contributed by atoms with Crippen molar-refractivity contribution in [1.29, 1.82) is 0 Å². The summed E-state index contributed by atoms with van der Waals surface area (Å²) in [7, 11) is 1.50. The fourth-order valence-corrected chi connectivity index (χ4v) is 2.02. The maximum Gasteiger partial charge on any atom is 0.193 e. The van der Waals surface area contributed by atoms with E-state index in [1.165, 1.54) is 24.8 Å². The summed E-state index contributed by atoms with van der Waals surface area (Å²) >= 11 is 0. The van der Waals surface area contributed by atoms with E-state index >= 15 is 0 Å². The highest BCUT2D eigenvalue weighted by Crippen LogP contribution is 2.16. The van der Waals surface area contributed by atoms with Gasteiger partial charge in [-0.2, -0.15) is 0 Å². The van der Waals surface area contributed by atoms with Crippen LogP contribution in [-0.2, 0) is 13.0 Å². The monoisotopic (exact) mass is 429 g/mol. The Labute approximate surface area is 153 Å². The van der Waals surface area contributed by atoms with Crippen molar-refractivity contribution in [3.05, 3.63) is 59.4 Å². The Balaban J connectivity index is 0.00000264. The standard InChI is InChI=1S/C17H20FN3O.HI/c1-3-12-4-6-15(7-5-12)21-17(19)20-11-13-8-14(18)10-16(9-13)22-2;/h4-10H,3,11H2,1-2H3,(H3,19,20,21);1H. The van der Waals surface area contributed by atoms with E-state index in [1.807, 2.05) is 24.3 Å². The molecule has 0 aliphatic carbocycles.